The van der Waals surface area contributed by atoms with Gasteiger partial charge in [-0.1, -0.05) is 24.6 Å². The Morgan fingerprint density at radius 2 is 2.30 bits per heavy atom. The van der Waals surface area contributed by atoms with Gasteiger partial charge in [0, 0.05) is 0 Å². The fourth-order valence-corrected chi connectivity index (χ4v) is 2.53. The maximum atomic E-state index is 6.09. The highest BCUT2D eigenvalue weighted by atomic mass is 35.5. The molecule has 0 aliphatic carbocycles. The number of halogens is 1. The molecule has 0 saturated carbocycles. The van der Waals surface area contributed by atoms with Gasteiger partial charge in [-0.15, -0.1) is 0 Å². The zero-order valence-corrected chi connectivity index (χ0v) is 12.8. The summed E-state index contributed by atoms with van der Waals surface area (Å²) in [6.45, 7) is 4.98. The molecule has 1 aromatic carbocycles. The number of methoxy groups -OCH3 is 1. The van der Waals surface area contributed by atoms with Crippen LogP contribution >= 0.6 is 11.6 Å². The summed E-state index contributed by atoms with van der Waals surface area (Å²) in [6, 6.07) is 5.92. The molecular weight excluding hydrogens is 278 g/mol. The van der Waals surface area contributed by atoms with E-state index in [-0.39, 0.29) is 12.1 Å². The molecule has 20 heavy (non-hydrogen) atoms. The summed E-state index contributed by atoms with van der Waals surface area (Å²) in [5.74, 6) is 0.684. The van der Waals surface area contributed by atoms with Gasteiger partial charge in [-0.3, -0.25) is 0 Å². The summed E-state index contributed by atoms with van der Waals surface area (Å²) in [5, 5.41) is 4.14. The quantitative estimate of drug-likeness (QED) is 0.877. The lowest BCUT2D eigenvalue weighted by atomic mass is 10.0. The smallest absolute Gasteiger partial charge is 0.137 e. The highest BCUT2D eigenvalue weighted by Crippen LogP contribution is 2.30. The van der Waals surface area contributed by atoms with Crippen LogP contribution in [0, 0.1) is 0 Å². The normalized spacial score (nSPS) is 20.6. The number of ether oxygens (including phenoxy) is 3. The lowest BCUT2D eigenvalue weighted by molar-refractivity contribution is -0.102. The van der Waals surface area contributed by atoms with E-state index in [1.807, 2.05) is 18.2 Å². The Morgan fingerprint density at radius 3 is 2.95 bits per heavy atom. The number of nitrogens with one attached hydrogen (secondary N) is 1. The number of hydrogen-bond acceptors (Lipinski definition) is 4. The molecule has 1 saturated heterocycles. The van der Waals surface area contributed by atoms with Crippen LogP contribution in [0.3, 0.4) is 0 Å². The Bertz CT molecular complexity index is 422. The highest BCUT2D eigenvalue weighted by Gasteiger charge is 2.26. The largest absolute Gasteiger partial charge is 0.495 e. The molecule has 0 spiro atoms. The molecule has 112 valence electrons. The third-order valence-electron chi connectivity index (χ3n) is 3.36. The molecule has 5 heteroatoms. The minimum Gasteiger partial charge on any atom is -0.495 e. The SMILES string of the molecule is CCCNC(c1ccc(Cl)c(OC)c1)C1COCCO1. The molecule has 1 aromatic rings. The second-order valence-electron chi connectivity index (χ2n) is 4.81. The number of benzene rings is 1. The van der Waals surface area contributed by atoms with Gasteiger partial charge in [-0.05, 0) is 30.7 Å². The van der Waals surface area contributed by atoms with E-state index >= 15 is 0 Å². The van der Waals surface area contributed by atoms with E-state index in [1.165, 1.54) is 0 Å². The first-order valence-electron chi connectivity index (χ1n) is 7.02. The summed E-state index contributed by atoms with van der Waals surface area (Å²) >= 11 is 6.09. The predicted molar refractivity (Wildman–Crippen MR) is 79.6 cm³/mol. The summed E-state index contributed by atoms with van der Waals surface area (Å²) in [6.07, 6.45) is 1.08. The third-order valence-corrected chi connectivity index (χ3v) is 3.67. The van der Waals surface area contributed by atoms with Crippen LogP contribution < -0.4 is 10.1 Å². The molecule has 1 fully saturated rings. The summed E-state index contributed by atoms with van der Waals surface area (Å²) < 4.78 is 16.7. The lowest BCUT2D eigenvalue weighted by Crippen LogP contribution is -2.40. The van der Waals surface area contributed by atoms with E-state index < -0.39 is 0 Å². The average Bonchev–Trinajstić information content (AvgIpc) is 2.50. The lowest BCUT2D eigenvalue weighted by Gasteiger charge is -2.31. The van der Waals surface area contributed by atoms with Crippen LogP contribution in [0.2, 0.25) is 5.02 Å². The van der Waals surface area contributed by atoms with Crippen molar-refractivity contribution in [1.29, 1.82) is 0 Å². The van der Waals surface area contributed by atoms with Crippen molar-refractivity contribution in [3.05, 3.63) is 28.8 Å². The molecule has 0 aromatic heterocycles. The van der Waals surface area contributed by atoms with Crippen molar-refractivity contribution in [1.82, 2.24) is 5.32 Å². The summed E-state index contributed by atoms with van der Waals surface area (Å²) in [7, 11) is 1.62. The van der Waals surface area contributed by atoms with Crippen LogP contribution in [0.15, 0.2) is 18.2 Å². The fourth-order valence-electron chi connectivity index (χ4n) is 2.33. The first kappa shape index (κ1) is 15.6. The maximum Gasteiger partial charge on any atom is 0.137 e. The maximum absolute atomic E-state index is 6.09. The molecule has 1 N–H and O–H groups in total. The summed E-state index contributed by atoms with van der Waals surface area (Å²) in [4.78, 5) is 0. The van der Waals surface area contributed by atoms with Gasteiger partial charge < -0.3 is 19.5 Å². The minimum absolute atomic E-state index is 0.0150. The van der Waals surface area contributed by atoms with E-state index in [1.54, 1.807) is 7.11 Å². The Morgan fingerprint density at radius 1 is 1.45 bits per heavy atom. The van der Waals surface area contributed by atoms with Crippen LogP contribution in [-0.4, -0.2) is 39.6 Å². The molecule has 2 unspecified atom stereocenters. The number of rotatable bonds is 6. The third kappa shape index (κ3) is 3.85. The second kappa shape index (κ2) is 7.84. The number of hydrogen-bond donors (Lipinski definition) is 1. The molecule has 2 atom stereocenters. The first-order chi connectivity index (χ1) is 9.76. The van der Waals surface area contributed by atoms with Crippen molar-refractivity contribution in [2.24, 2.45) is 0 Å². The van der Waals surface area contributed by atoms with Gasteiger partial charge in [0.05, 0.1) is 38.0 Å². The molecule has 0 amide bonds. The monoisotopic (exact) mass is 299 g/mol. The van der Waals surface area contributed by atoms with Crippen molar-refractivity contribution >= 4 is 11.6 Å². The van der Waals surface area contributed by atoms with Crippen molar-refractivity contribution in [3.8, 4) is 5.75 Å². The summed E-state index contributed by atoms with van der Waals surface area (Å²) in [5.41, 5.74) is 1.11. The molecule has 0 radical (unpaired) electrons. The molecule has 1 aliphatic heterocycles. The van der Waals surface area contributed by atoms with Crippen molar-refractivity contribution < 1.29 is 14.2 Å². The van der Waals surface area contributed by atoms with Crippen LogP contribution in [0.1, 0.15) is 24.9 Å². The second-order valence-corrected chi connectivity index (χ2v) is 5.22. The Balaban J connectivity index is 2.20. The molecule has 1 aliphatic rings. The average molecular weight is 300 g/mol. The van der Waals surface area contributed by atoms with Gasteiger partial charge >= 0.3 is 0 Å². The first-order valence-corrected chi connectivity index (χ1v) is 7.40. The van der Waals surface area contributed by atoms with Crippen LogP contribution in [-0.2, 0) is 9.47 Å². The standard InChI is InChI=1S/C15H22ClNO3/c1-3-6-17-15(14-10-19-7-8-20-14)11-4-5-12(16)13(9-11)18-2/h4-5,9,14-15,17H,3,6-8,10H2,1-2H3. The van der Waals surface area contributed by atoms with E-state index in [4.69, 9.17) is 25.8 Å². The van der Waals surface area contributed by atoms with Gasteiger partial charge in [0.15, 0.2) is 0 Å². The van der Waals surface area contributed by atoms with E-state index in [0.717, 1.165) is 18.5 Å². The van der Waals surface area contributed by atoms with Gasteiger partial charge in [0.2, 0.25) is 0 Å². The molecule has 4 nitrogen and oxygen atoms in total. The van der Waals surface area contributed by atoms with E-state index in [2.05, 4.69) is 12.2 Å². The van der Waals surface area contributed by atoms with Crippen molar-refractivity contribution in [2.75, 3.05) is 33.5 Å². The predicted octanol–water partition coefficient (Wildman–Crippen LogP) is 2.80. The van der Waals surface area contributed by atoms with Crippen molar-refractivity contribution in [3.63, 3.8) is 0 Å². The topological polar surface area (TPSA) is 39.7 Å². The van der Waals surface area contributed by atoms with E-state index in [0.29, 0.717) is 30.6 Å². The van der Waals surface area contributed by atoms with Gasteiger partial charge in [-0.2, -0.15) is 0 Å². The van der Waals surface area contributed by atoms with Gasteiger partial charge in [0.1, 0.15) is 11.9 Å². The molecule has 2 rings (SSSR count). The zero-order chi connectivity index (χ0) is 14.4. The van der Waals surface area contributed by atoms with Gasteiger partial charge in [0.25, 0.3) is 0 Å². The Labute approximate surface area is 125 Å². The van der Waals surface area contributed by atoms with Crippen LogP contribution in [0.25, 0.3) is 0 Å². The van der Waals surface area contributed by atoms with Crippen molar-refractivity contribution in [2.45, 2.75) is 25.5 Å². The van der Waals surface area contributed by atoms with Crippen LogP contribution in [0.5, 0.6) is 5.75 Å². The minimum atomic E-state index is 0.0150. The van der Waals surface area contributed by atoms with Crippen LogP contribution in [0.4, 0.5) is 0 Å². The molecule has 1 heterocycles. The Kier molecular flexibility index (Phi) is 6.10. The highest BCUT2D eigenvalue weighted by molar-refractivity contribution is 6.32. The fraction of sp³-hybridized carbons (Fsp3) is 0.600. The molecular formula is C15H22ClNO3. The van der Waals surface area contributed by atoms with E-state index in [9.17, 15) is 0 Å². The molecule has 0 bridgehead atoms. The zero-order valence-electron chi connectivity index (χ0n) is 12.0. The van der Waals surface area contributed by atoms with Gasteiger partial charge in [-0.25, -0.2) is 0 Å². The Hall–Kier alpha value is -0.810.